The van der Waals surface area contributed by atoms with Crippen molar-refractivity contribution in [2.75, 3.05) is 5.75 Å². The standard InChI is InChI=1S/C14H11N5O5S/c15-17-16-12-10-6-25-7-11(18(10)13(12)20)14(21)24-5-8-1-3-9(4-2-8)19(22)23/h1-4,7,10,12H,5-6H2/t10-,12+/m1/s1. The smallest absolute Gasteiger partial charge is 0.355 e. The molecule has 128 valence electrons. The lowest BCUT2D eigenvalue weighted by atomic mass is 9.96. The highest BCUT2D eigenvalue weighted by atomic mass is 32.2. The van der Waals surface area contributed by atoms with Gasteiger partial charge in [0.05, 0.1) is 11.0 Å². The number of benzene rings is 1. The maximum absolute atomic E-state index is 12.2. The molecule has 25 heavy (non-hydrogen) atoms. The Balaban J connectivity index is 1.63. The quantitative estimate of drug-likeness (QED) is 0.150. The molecule has 0 bridgehead atoms. The van der Waals surface area contributed by atoms with Crippen LogP contribution in [0.15, 0.2) is 40.5 Å². The molecule has 2 aliphatic heterocycles. The van der Waals surface area contributed by atoms with Crippen LogP contribution in [-0.2, 0) is 20.9 Å². The molecular weight excluding hydrogens is 350 g/mol. The van der Waals surface area contributed by atoms with E-state index in [-0.39, 0.29) is 24.0 Å². The summed E-state index contributed by atoms with van der Waals surface area (Å²) in [6.45, 7) is -0.0781. The van der Waals surface area contributed by atoms with Gasteiger partial charge in [0.2, 0.25) is 5.91 Å². The van der Waals surface area contributed by atoms with Crippen LogP contribution in [-0.4, -0.2) is 39.5 Å². The Labute approximate surface area is 145 Å². The number of nitrogens with zero attached hydrogens (tertiary/aromatic N) is 5. The number of carbonyl (C=O) groups excluding carboxylic acids is 2. The summed E-state index contributed by atoms with van der Waals surface area (Å²) in [5, 5.41) is 15.6. The van der Waals surface area contributed by atoms with Crippen molar-refractivity contribution in [1.82, 2.24) is 4.90 Å². The fourth-order valence-electron chi connectivity index (χ4n) is 2.54. The highest BCUT2D eigenvalue weighted by Crippen LogP contribution is 2.36. The molecule has 0 saturated carbocycles. The summed E-state index contributed by atoms with van der Waals surface area (Å²) in [7, 11) is 0. The van der Waals surface area contributed by atoms with Gasteiger partial charge in [0, 0.05) is 28.2 Å². The van der Waals surface area contributed by atoms with Crippen LogP contribution in [0.3, 0.4) is 0 Å². The number of nitro benzene ring substituents is 1. The Bertz CT molecular complexity index is 817. The van der Waals surface area contributed by atoms with E-state index in [9.17, 15) is 19.7 Å². The summed E-state index contributed by atoms with van der Waals surface area (Å²) in [6.07, 6.45) is 0. The van der Waals surface area contributed by atoms with Crippen LogP contribution in [0.2, 0.25) is 0 Å². The highest BCUT2D eigenvalue weighted by Gasteiger charge is 2.51. The number of fused-ring (bicyclic) bond motifs is 1. The van der Waals surface area contributed by atoms with Crippen LogP contribution in [0.4, 0.5) is 5.69 Å². The van der Waals surface area contributed by atoms with Crippen molar-refractivity contribution in [1.29, 1.82) is 0 Å². The van der Waals surface area contributed by atoms with E-state index in [2.05, 4.69) is 10.0 Å². The first-order valence-corrected chi connectivity index (χ1v) is 8.17. The van der Waals surface area contributed by atoms with E-state index in [4.69, 9.17) is 10.3 Å². The second kappa shape index (κ2) is 6.83. The predicted molar refractivity (Wildman–Crippen MR) is 87.0 cm³/mol. The number of amides is 1. The molecule has 1 amide bonds. The molecule has 0 spiro atoms. The number of carbonyl (C=O) groups is 2. The molecule has 0 unspecified atom stereocenters. The fourth-order valence-corrected chi connectivity index (χ4v) is 3.53. The molecule has 0 N–H and O–H groups in total. The monoisotopic (exact) mass is 361 g/mol. The molecule has 2 aliphatic rings. The van der Waals surface area contributed by atoms with Crippen LogP contribution >= 0.6 is 11.8 Å². The van der Waals surface area contributed by atoms with Crippen molar-refractivity contribution < 1.29 is 19.2 Å². The van der Waals surface area contributed by atoms with Crippen LogP contribution in [0, 0.1) is 10.1 Å². The lowest BCUT2D eigenvalue weighted by Crippen LogP contribution is -2.65. The van der Waals surface area contributed by atoms with Gasteiger partial charge in [-0.15, -0.1) is 11.8 Å². The number of nitro groups is 1. The van der Waals surface area contributed by atoms with E-state index in [1.165, 1.54) is 40.9 Å². The van der Waals surface area contributed by atoms with Gasteiger partial charge in [-0.1, -0.05) is 5.11 Å². The summed E-state index contributed by atoms with van der Waals surface area (Å²) in [5.74, 6) is -0.570. The maximum Gasteiger partial charge on any atom is 0.355 e. The molecule has 1 saturated heterocycles. The third kappa shape index (κ3) is 3.14. The van der Waals surface area contributed by atoms with Gasteiger partial charge < -0.3 is 9.64 Å². The van der Waals surface area contributed by atoms with E-state index >= 15 is 0 Å². The fraction of sp³-hybridized carbons (Fsp3) is 0.286. The molecule has 3 rings (SSSR count). The molecular formula is C14H11N5O5S. The second-order valence-electron chi connectivity index (χ2n) is 5.26. The zero-order valence-corrected chi connectivity index (χ0v) is 13.5. The molecule has 11 heteroatoms. The van der Waals surface area contributed by atoms with Crippen molar-refractivity contribution in [2.45, 2.75) is 18.7 Å². The first-order valence-electron chi connectivity index (χ1n) is 7.12. The zero-order valence-electron chi connectivity index (χ0n) is 12.6. The Hall–Kier alpha value is -3.04. The van der Waals surface area contributed by atoms with Gasteiger partial charge in [-0.3, -0.25) is 14.9 Å². The molecule has 2 atom stereocenters. The second-order valence-corrected chi connectivity index (χ2v) is 6.16. The molecule has 0 aromatic heterocycles. The van der Waals surface area contributed by atoms with Gasteiger partial charge in [0.1, 0.15) is 18.3 Å². The highest BCUT2D eigenvalue weighted by molar-refractivity contribution is 8.02. The van der Waals surface area contributed by atoms with Crippen LogP contribution in [0.1, 0.15) is 5.56 Å². The first-order chi connectivity index (χ1) is 12.0. The van der Waals surface area contributed by atoms with Crippen LogP contribution in [0.5, 0.6) is 0 Å². The van der Waals surface area contributed by atoms with Crippen molar-refractivity contribution >= 4 is 29.3 Å². The molecule has 0 radical (unpaired) electrons. The number of β-lactam (4-membered cyclic amide) rings is 1. The van der Waals surface area contributed by atoms with Gasteiger partial charge in [0.25, 0.3) is 5.69 Å². The number of ether oxygens (including phenoxy) is 1. The summed E-state index contributed by atoms with van der Waals surface area (Å²) < 4.78 is 5.18. The average molecular weight is 361 g/mol. The van der Waals surface area contributed by atoms with E-state index < -0.39 is 22.8 Å². The third-order valence-electron chi connectivity index (χ3n) is 3.81. The molecule has 1 fully saturated rings. The van der Waals surface area contributed by atoms with Gasteiger partial charge >= 0.3 is 5.97 Å². The zero-order chi connectivity index (χ0) is 18.0. The first kappa shape index (κ1) is 16.8. The largest absolute Gasteiger partial charge is 0.456 e. The summed E-state index contributed by atoms with van der Waals surface area (Å²) in [5.41, 5.74) is 9.12. The number of hydrogen-bond acceptors (Lipinski definition) is 7. The van der Waals surface area contributed by atoms with Crippen molar-refractivity contribution in [3.05, 3.63) is 61.5 Å². The summed E-state index contributed by atoms with van der Waals surface area (Å²) >= 11 is 1.34. The minimum atomic E-state index is -0.788. The minimum absolute atomic E-state index is 0.0560. The van der Waals surface area contributed by atoms with Crippen molar-refractivity contribution in [3.8, 4) is 0 Å². The summed E-state index contributed by atoms with van der Waals surface area (Å²) in [6, 6.07) is 4.48. The Morgan fingerprint density at radius 3 is 2.84 bits per heavy atom. The summed E-state index contributed by atoms with van der Waals surface area (Å²) in [4.78, 5) is 38.3. The molecule has 10 nitrogen and oxygen atoms in total. The van der Waals surface area contributed by atoms with Gasteiger partial charge in [0.15, 0.2) is 0 Å². The number of azide groups is 1. The minimum Gasteiger partial charge on any atom is -0.456 e. The van der Waals surface area contributed by atoms with Crippen LogP contribution < -0.4 is 0 Å². The number of esters is 1. The Morgan fingerprint density at radius 2 is 2.20 bits per heavy atom. The topological polar surface area (TPSA) is 139 Å². The van der Waals surface area contributed by atoms with Crippen LogP contribution in [0.25, 0.3) is 10.4 Å². The number of non-ortho nitro benzene ring substituents is 1. The maximum atomic E-state index is 12.2. The third-order valence-corrected chi connectivity index (χ3v) is 4.73. The van der Waals surface area contributed by atoms with E-state index in [1.54, 1.807) is 5.41 Å². The Kier molecular flexibility index (Phi) is 4.59. The number of hydrogen-bond donors (Lipinski definition) is 0. The Morgan fingerprint density at radius 1 is 1.48 bits per heavy atom. The van der Waals surface area contributed by atoms with E-state index in [1.807, 2.05) is 0 Å². The average Bonchev–Trinajstić information content (AvgIpc) is 2.63. The van der Waals surface area contributed by atoms with Gasteiger partial charge in [-0.2, -0.15) is 0 Å². The molecule has 0 aliphatic carbocycles. The molecule has 2 heterocycles. The molecule has 1 aromatic rings. The van der Waals surface area contributed by atoms with E-state index in [0.29, 0.717) is 11.3 Å². The lowest BCUT2D eigenvalue weighted by Gasteiger charge is -2.46. The number of rotatable bonds is 5. The van der Waals surface area contributed by atoms with Crippen molar-refractivity contribution in [2.24, 2.45) is 5.11 Å². The SMILES string of the molecule is [N-]=[N+]=N[C@@H]1C(=O)N2C(C(=O)OCc3ccc([N+](=O)[O-])cc3)=CSC[C@H]12. The lowest BCUT2D eigenvalue weighted by molar-refractivity contribution is -0.384. The van der Waals surface area contributed by atoms with Gasteiger partial charge in [-0.25, -0.2) is 4.79 Å². The van der Waals surface area contributed by atoms with E-state index in [0.717, 1.165) is 0 Å². The van der Waals surface area contributed by atoms with Crippen molar-refractivity contribution in [3.63, 3.8) is 0 Å². The predicted octanol–water partition coefficient (Wildman–Crippen LogP) is 2.12. The number of thioether (sulfide) groups is 1. The molecule has 1 aromatic carbocycles. The normalized spacial score (nSPS) is 21.4. The van der Waals surface area contributed by atoms with Gasteiger partial charge in [-0.05, 0) is 23.2 Å².